The standard InChI is InChI=1S/C13H18N4O/c1-9-10(5-12(6-14)17(9)2)7-15-11-3-4-13(18)16-8-11/h5,11,15H,3-4,7-8H2,1-2H3,(H,16,18). The van der Waals surface area contributed by atoms with Crippen LogP contribution in [-0.2, 0) is 18.4 Å². The first-order valence-electron chi connectivity index (χ1n) is 6.17. The fraction of sp³-hybridized carbons (Fsp3) is 0.538. The van der Waals surface area contributed by atoms with Crippen LogP contribution in [0.2, 0.25) is 0 Å². The first-order chi connectivity index (χ1) is 8.61. The SMILES string of the molecule is Cc1c(CNC2CCC(=O)NC2)cc(C#N)n1C. The molecule has 0 spiro atoms. The van der Waals surface area contributed by atoms with Gasteiger partial charge in [-0.2, -0.15) is 5.26 Å². The lowest BCUT2D eigenvalue weighted by atomic mass is 10.1. The van der Waals surface area contributed by atoms with E-state index in [1.165, 1.54) is 0 Å². The molecular formula is C13H18N4O. The minimum atomic E-state index is 0.135. The van der Waals surface area contributed by atoms with E-state index in [0.717, 1.165) is 24.2 Å². The largest absolute Gasteiger partial charge is 0.355 e. The van der Waals surface area contributed by atoms with Gasteiger partial charge in [0, 0.05) is 38.3 Å². The van der Waals surface area contributed by atoms with E-state index in [2.05, 4.69) is 16.7 Å². The van der Waals surface area contributed by atoms with Crippen molar-refractivity contribution in [3.05, 3.63) is 23.0 Å². The predicted molar refractivity (Wildman–Crippen MR) is 67.7 cm³/mol. The third-order valence-corrected chi connectivity index (χ3v) is 3.60. The van der Waals surface area contributed by atoms with Gasteiger partial charge in [0.2, 0.25) is 5.91 Å². The lowest BCUT2D eigenvalue weighted by Gasteiger charge is -2.23. The highest BCUT2D eigenvalue weighted by Crippen LogP contribution is 2.14. The van der Waals surface area contributed by atoms with Gasteiger partial charge >= 0.3 is 0 Å². The smallest absolute Gasteiger partial charge is 0.220 e. The molecule has 5 heteroatoms. The fourth-order valence-electron chi connectivity index (χ4n) is 2.21. The molecule has 1 atom stereocenters. The van der Waals surface area contributed by atoms with Crippen molar-refractivity contribution in [1.82, 2.24) is 15.2 Å². The van der Waals surface area contributed by atoms with Gasteiger partial charge in [-0.15, -0.1) is 0 Å². The van der Waals surface area contributed by atoms with Crippen LogP contribution in [0.4, 0.5) is 0 Å². The lowest BCUT2D eigenvalue weighted by Crippen LogP contribution is -2.45. The van der Waals surface area contributed by atoms with Crippen LogP contribution in [0.1, 0.15) is 29.8 Å². The molecule has 0 radical (unpaired) electrons. The number of carbonyl (C=O) groups is 1. The highest BCUT2D eigenvalue weighted by molar-refractivity contribution is 5.76. The zero-order chi connectivity index (χ0) is 13.1. The Morgan fingerprint density at radius 1 is 1.67 bits per heavy atom. The summed E-state index contributed by atoms with van der Waals surface area (Å²) >= 11 is 0. The molecule has 5 nitrogen and oxygen atoms in total. The number of nitriles is 1. The van der Waals surface area contributed by atoms with Crippen LogP contribution in [0.5, 0.6) is 0 Å². The molecule has 1 aliphatic heterocycles. The van der Waals surface area contributed by atoms with E-state index in [1.54, 1.807) is 0 Å². The van der Waals surface area contributed by atoms with Crippen molar-refractivity contribution in [2.75, 3.05) is 6.54 Å². The molecule has 0 bridgehead atoms. The Balaban J connectivity index is 1.94. The maximum absolute atomic E-state index is 11.0. The van der Waals surface area contributed by atoms with Gasteiger partial charge in [0.05, 0.1) is 0 Å². The quantitative estimate of drug-likeness (QED) is 0.819. The zero-order valence-electron chi connectivity index (χ0n) is 10.8. The third-order valence-electron chi connectivity index (χ3n) is 3.60. The summed E-state index contributed by atoms with van der Waals surface area (Å²) in [5.74, 6) is 0.135. The average molecular weight is 246 g/mol. The van der Waals surface area contributed by atoms with E-state index < -0.39 is 0 Å². The summed E-state index contributed by atoms with van der Waals surface area (Å²) in [7, 11) is 1.90. The van der Waals surface area contributed by atoms with Gasteiger partial charge in [-0.1, -0.05) is 0 Å². The Morgan fingerprint density at radius 2 is 2.44 bits per heavy atom. The summed E-state index contributed by atoms with van der Waals surface area (Å²) in [4.78, 5) is 11.0. The van der Waals surface area contributed by atoms with Crippen LogP contribution < -0.4 is 10.6 Å². The third kappa shape index (κ3) is 2.54. The van der Waals surface area contributed by atoms with Crippen molar-refractivity contribution < 1.29 is 4.79 Å². The molecule has 0 aliphatic carbocycles. The Bertz CT molecular complexity index is 488. The zero-order valence-corrected chi connectivity index (χ0v) is 10.8. The molecule has 2 N–H and O–H groups in total. The van der Waals surface area contributed by atoms with Crippen LogP contribution in [0.3, 0.4) is 0 Å². The molecule has 0 saturated carbocycles. The van der Waals surface area contributed by atoms with Crippen molar-refractivity contribution in [3.8, 4) is 6.07 Å². The summed E-state index contributed by atoms with van der Waals surface area (Å²) in [6, 6.07) is 4.43. The van der Waals surface area contributed by atoms with Gasteiger partial charge in [0.1, 0.15) is 11.8 Å². The lowest BCUT2D eigenvalue weighted by molar-refractivity contribution is -0.122. The number of rotatable bonds is 3. The molecule has 1 amide bonds. The molecule has 1 fully saturated rings. The summed E-state index contributed by atoms with van der Waals surface area (Å²) in [6.45, 7) is 3.44. The first kappa shape index (κ1) is 12.7. The highest BCUT2D eigenvalue weighted by Gasteiger charge is 2.18. The van der Waals surface area contributed by atoms with Crippen LogP contribution in [0.15, 0.2) is 6.07 Å². The van der Waals surface area contributed by atoms with Crippen molar-refractivity contribution in [2.24, 2.45) is 7.05 Å². The number of nitrogens with one attached hydrogen (secondary N) is 2. The number of aromatic nitrogens is 1. The van der Waals surface area contributed by atoms with E-state index in [4.69, 9.17) is 5.26 Å². The molecule has 18 heavy (non-hydrogen) atoms. The topological polar surface area (TPSA) is 69.8 Å². The molecule has 1 aliphatic rings. The fourth-order valence-corrected chi connectivity index (χ4v) is 2.21. The number of nitrogens with zero attached hydrogens (tertiary/aromatic N) is 2. The Hall–Kier alpha value is -1.80. The molecule has 1 unspecified atom stereocenters. The van der Waals surface area contributed by atoms with E-state index >= 15 is 0 Å². The minimum Gasteiger partial charge on any atom is -0.355 e. The van der Waals surface area contributed by atoms with E-state index in [1.807, 2.05) is 24.6 Å². The predicted octanol–water partition coefficient (Wildman–Crippen LogP) is 0.573. The maximum Gasteiger partial charge on any atom is 0.220 e. The monoisotopic (exact) mass is 246 g/mol. The number of hydrogen-bond acceptors (Lipinski definition) is 3. The molecule has 96 valence electrons. The van der Waals surface area contributed by atoms with E-state index in [0.29, 0.717) is 24.7 Å². The number of hydrogen-bond donors (Lipinski definition) is 2. The number of amides is 1. The van der Waals surface area contributed by atoms with Crippen molar-refractivity contribution >= 4 is 5.91 Å². The molecular weight excluding hydrogens is 228 g/mol. The number of carbonyl (C=O) groups excluding carboxylic acids is 1. The Labute approximate surface area is 107 Å². The van der Waals surface area contributed by atoms with Crippen LogP contribution in [-0.4, -0.2) is 23.1 Å². The van der Waals surface area contributed by atoms with E-state index in [-0.39, 0.29) is 5.91 Å². The summed E-state index contributed by atoms with van der Waals surface area (Å²) < 4.78 is 1.90. The second-order valence-corrected chi connectivity index (χ2v) is 4.73. The normalized spacial score (nSPS) is 19.4. The molecule has 2 rings (SSSR count). The van der Waals surface area contributed by atoms with Crippen LogP contribution >= 0.6 is 0 Å². The van der Waals surface area contributed by atoms with Gasteiger partial charge in [-0.3, -0.25) is 4.79 Å². The second kappa shape index (κ2) is 5.23. The molecule has 2 heterocycles. The molecule has 1 aromatic rings. The minimum absolute atomic E-state index is 0.135. The van der Waals surface area contributed by atoms with E-state index in [9.17, 15) is 4.79 Å². The van der Waals surface area contributed by atoms with Crippen LogP contribution in [0, 0.1) is 18.3 Å². The summed E-state index contributed by atoms with van der Waals surface area (Å²) in [6.07, 6.45) is 1.47. The van der Waals surface area contributed by atoms with Gasteiger partial charge in [0.25, 0.3) is 0 Å². The van der Waals surface area contributed by atoms with Crippen molar-refractivity contribution in [1.29, 1.82) is 5.26 Å². The number of piperidine rings is 1. The summed E-state index contributed by atoms with van der Waals surface area (Å²) in [5, 5.41) is 15.2. The Morgan fingerprint density at radius 3 is 3.00 bits per heavy atom. The van der Waals surface area contributed by atoms with Gasteiger partial charge in [0.15, 0.2) is 0 Å². The van der Waals surface area contributed by atoms with Crippen LogP contribution in [0.25, 0.3) is 0 Å². The molecule has 1 saturated heterocycles. The van der Waals surface area contributed by atoms with Crippen molar-refractivity contribution in [2.45, 2.75) is 32.4 Å². The molecule has 0 aromatic carbocycles. The maximum atomic E-state index is 11.0. The second-order valence-electron chi connectivity index (χ2n) is 4.73. The Kier molecular flexibility index (Phi) is 3.68. The first-order valence-corrected chi connectivity index (χ1v) is 6.17. The van der Waals surface area contributed by atoms with Gasteiger partial charge < -0.3 is 15.2 Å². The average Bonchev–Trinajstić information content (AvgIpc) is 2.65. The summed E-state index contributed by atoms with van der Waals surface area (Å²) in [5.41, 5.74) is 2.94. The van der Waals surface area contributed by atoms with Gasteiger partial charge in [-0.25, -0.2) is 0 Å². The van der Waals surface area contributed by atoms with Gasteiger partial charge in [-0.05, 0) is 25.0 Å². The highest BCUT2D eigenvalue weighted by atomic mass is 16.1. The molecule has 1 aromatic heterocycles. The van der Waals surface area contributed by atoms with Crippen molar-refractivity contribution in [3.63, 3.8) is 0 Å².